The van der Waals surface area contributed by atoms with E-state index in [1.54, 1.807) is 0 Å². The van der Waals surface area contributed by atoms with Gasteiger partial charge in [0, 0.05) is 23.9 Å². The largest absolute Gasteiger partial charge is 0.493 e. The number of halogens is 1. The summed E-state index contributed by atoms with van der Waals surface area (Å²) in [5.74, 6) is 0.795. The lowest BCUT2D eigenvalue weighted by Crippen LogP contribution is -2.16. The first-order valence-corrected chi connectivity index (χ1v) is 9.89. The van der Waals surface area contributed by atoms with E-state index < -0.39 is 5.97 Å². The number of fused-ring (bicyclic) bond motifs is 1. The van der Waals surface area contributed by atoms with Crippen molar-refractivity contribution in [1.29, 1.82) is 0 Å². The van der Waals surface area contributed by atoms with Gasteiger partial charge in [-0.25, -0.2) is 4.98 Å². The maximum atomic E-state index is 10.7. The summed E-state index contributed by atoms with van der Waals surface area (Å²) in [6, 6.07) is 15.8. The molecule has 2 aromatic carbocycles. The van der Waals surface area contributed by atoms with Crippen LogP contribution in [-0.2, 0) is 11.2 Å². The molecule has 3 aromatic rings. The molecule has 3 rings (SSSR count). The van der Waals surface area contributed by atoms with Crippen molar-refractivity contribution in [2.45, 2.75) is 46.1 Å². The van der Waals surface area contributed by atoms with Gasteiger partial charge in [-0.3, -0.25) is 4.79 Å². The lowest BCUT2D eigenvalue weighted by atomic mass is 10.0. The molecule has 1 aromatic heterocycles. The number of carboxylic acids is 1. The molecule has 0 aliphatic rings. The highest BCUT2D eigenvalue weighted by Gasteiger charge is 2.10. The fraction of sp³-hybridized carbons (Fsp3) is 0.333. The smallest absolute Gasteiger partial charge is 0.303 e. The van der Waals surface area contributed by atoms with Gasteiger partial charge in [0.25, 0.3) is 0 Å². The van der Waals surface area contributed by atoms with Crippen LogP contribution in [0.15, 0.2) is 48.5 Å². The lowest BCUT2D eigenvalue weighted by molar-refractivity contribution is -0.136. The lowest BCUT2D eigenvalue weighted by Gasteiger charge is -2.17. The number of benzene rings is 2. The number of hydrogen-bond donors (Lipinski definition) is 1. The van der Waals surface area contributed by atoms with Gasteiger partial charge in [0.2, 0.25) is 0 Å². The predicted molar refractivity (Wildman–Crippen MR) is 121 cm³/mol. The van der Waals surface area contributed by atoms with E-state index in [1.165, 1.54) is 0 Å². The standard InChI is InChI=1S/C24H27NO4.ClH/c1-16-15-21(11-9-19(16)10-12-23(26)27)28-14-13-18(3)29-22-6-4-5-20-8-7-17(2)25-24(20)22;/h4-9,11,15,18H,10,12-14H2,1-3H3,(H,26,27);1H/t18-;/m1./s1. The third-order valence-corrected chi connectivity index (χ3v) is 4.87. The number of ether oxygens (including phenoxy) is 2. The number of aliphatic carboxylic acids is 1. The van der Waals surface area contributed by atoms with Crippen LogP contribution in [0, 0.1) is 13.8 Å². The SMILES string of the molecule is Cc1ccc2cccc(O[C@H](C)CCOc3ccc(CCC(=O)O)c(C)c3)c2n1.Cl. The van der Waals surface area contributed by atoms with Gasteiger partial charge in [-0.15, -0.1) is 12.4 Å². The molecule has 0 saturated carbocycles. The van der Waals surface area contributed by atoms with Crippen LogP contribution in [0.5, 0.6) is 11.5 Å². The maximum absolute atomic E-state index is 10.7. The van der Waals surface area contributed by atoms with E-state index in [1.807, 2.05) is 63.2 Å². The Balaban J connectivity index is 0.00000320. The van der Waals surface area contributed by atoms with Gasteiger partial charge in [-0.05, 0) is 62.6 Å². The van der Waals surface area contributed by atoms with Crippen molar-refractivity contribution in [3.8, 4) is 11.5 Å². The second kappa shape index (κ2) is 10.8. The quantitative estimate of drug-likeness (QED) is 0.484. The van der Waals surface area contributed by atoms with Crippen LogP contribution in [0.3, 0.4) is 0 Å². The monoisotopic (exact) mass is 429 g/mol. The molecule has 30 heavy (non-hydrogen) atoms. The molecule has 0 unspecified atom stereocenters. The topological polar surface area (TPSA) is 68.7 Å². The van der Waals surface area contributed by atoms with Crippen molar-refractivity contribution in [1.82, 2.24) is 4.98 Å². The number of carbonyl (C=O) groups is 1. The van der Waals surface area contributed by atoms with Crippen LogP contribution in [-0.4, -0.2) is 28.8 Å². The summed E-state index contributed by atoms with van der Waals surface area (Å²) in [6.45, 7) is 6.51. The van der Waals surface area contributed by atoms with Crippen LogP contribution < -0.4 is 9.47 Å². The van der Waals surface area contributed by atoms with Crippen molar-refractivity contribution in [2.75, 3.05) is 6.61 Å². The summed E-state index contributed by atoms with van der Waals surface area (Å²) >= 11 is 0. The van der Waals surface area contributed by atoms with Crippen LogP contribution in [0.4, 0.5) is 0 Å². The van der Waals surface area contributed by atoms with Crippen molar-refractivity contribution in [3.63, 3.8) is 0 Å². The average Bonchev–Trinajstić information content (AvgIpc) is 2.67. The summed E-state index contributed by atoms with van der Waals surface area (Å²) in [4.78, 5) is 15.3. The Morgan fingerprint density at radius 1 is 1.13 bits per heavy atom. The van der Waals surface area contributed by atoms with Gasteiger partial charge in [-0.1, -0.05) is 24.3 Å². The fourth-order valence-corrected chi connectivity index (χ4v) is 3.21. The number of aromatic nitrogens is 1. The molecule has 0 saturated heterocycles. The number of hydrogen-bond acceptors (Lipinski definition) is 4. The third-order valence-electron chi connectivity index (χ3n) is 4.87. The minimum absolute atomic E-state index is 0. The second-order valence-corrected chi connectivity index (χ2v) is 7.33. The molecule has 0 bridgehead atoms. The van der Waals surface area contributed by atoms with Crippen LogP contribution in [0.1, 0.15) is 36.6 Å². The molecular formula is C24H28ClNO4. The van der Waals surface area contributed by atoms with Gasteiger partial charge in [-0.2, -0.15) is 0 Å². The molecule has 1 heterocycles. The summed E-state index contributed by atoms with van der Waals surface area (Å²) in [5.41, 5.74) is 3.93. The Hall–Kier alpha value is -2.79. The predicted octanol–water partition coefficient (Wildman–Crippen LogP) is 5.53. The highest BCUT2D eigenvalue weighted by Crippen LogP contribution is 2.25. The number of para-hydroxylation sites is 1. The first-order valence-electron chi connectivity index (χ1n) is 9.89. The van der Waals surface area contributed by atoms with Gasteiger partial charge < -0.3 is 14.6 Å². The molecule has 0 spiro atoms. The Bertz CT molecular complexity index is 1010. The van der Waals surface area contributed by atoms with E-state index in [2.05, 4.69) is 11.1 Å². The second-order valence-electron chi connectivity index (χ2n) is 7.33. The molecule has 0 aliphatic carbocycles. The van der Waals surface area contributed by atoms with Crippen molar-refractivity contribution in [2.24, 2.45) is 0 Å². The van der Waals surface area contributed by atoms with Crippen molar-refractivity contribution >= 4 is 29.3 Å². The molecular weight excluding hydrogens is 402 g/mol. The number of aryl methyl sites for hydroxylation is 3. The van der Waals surface area contributed by atoms with Gasteiger partial charge in [0.1, 0.15) is 17.0 Å². The molecule has 1 atom stereocenters. The van der Waals surface area contributed by atoms with E-state index in [4.69, 9.17) is 14.6 Å². The highest BCUT2D eigenvalue weighted by atomic mass is 35.5. The first kappa shape index (κ1) is 23.5. The summed E-state index contributed by atoms with van der Waals surface area (Å²) < 4.78 is 12.0. The molecule has 1 N–H and O–H groups in total. The fourth-order valence-electron chi connectivity index (χ4n) is 3.21. The van der Waals surface area contributed by atoms with Crippen LogP contribution >= 0.6 is 12.4 Å². The minimum Gasteiger partial charge on any atom is -0.493 e. The van der Waals surface area contributed by atoms with E-state index in [0.717, 1.165) is 45.6 Å². The van der Waals surface area contributed by atoms with Gasteiger partial charge >= 0.3 is 5.97 Å². The summed E-state index contributed by atoms with van der Waals surface area (Å²) in [7, 11) is 0. The van der Waals surface area contributed by atoms with Gasteiger partial charge in [0.15, 0.2) is 0 Å². The third kappa shape index (κ3) is 6.36. The maximum Gasteiger partial charge on any atom is 0.303 e. The van der Waals surface area contributed by atoms with Crippen LogP contribution in [0.25, 0.3) is 10.9 Å². The van der Waals surface area contributed by atoms with Crippen LogP contribution in [0.2, 0.25) is 0 Å². The Kier molecular flexibility index (Phi) is 8.48. The molecule has 0 fully saturated rings. The Labute approximate surface area is 183 Å². The van der Waals surface area contributed by atoms with E-state index in [0.29, 0.717) is 13.0 Å². The molecule has 0 amide bonds. The Morgan fingerprint density at radius 3 is 2.67 bits per heavy atom. The molecule has 0 radical (unpaired) electrons. The van der Waals surface area contributed by atoms with E-state index in [9.17, 15) is 4.79 Å². The number of rotatable bonds is 9. The van der Waals surface area contributed by atoms with Crippen molar-refractivity contribution in [3.05, 3.63) is 65.4 Å². The first-order chi connectivity index (χ1) is 13.9. The zero-order valence-electron chi connectivity index (χ0n) is 17.6. The minimum atomic E-state index is -0.782. The van der Waals surface area contributed by atoms with Crippen molar-refractivity contribution < 1.29 is 19.4 Å². The molecule has 6 heteroatoms. The highest BCUT2D eigenvalue weighted by molar-refractivity contribution is 5.85. The molecule has 5 nitrogen and oxygen atoms in total. The molecule has 160 valence electrons. The normalized spacial score (nSPS) is 11.6. The molecule has 0 aliphatic heterocycles. The zero-order valence-corrected chi connectivity index (χ0v) is 18.4. The zero-order chi connectivity index (χ0) is 20.8. The van der Waals surface area contributed by atoms with Gasteiger partial charge in [0.05, 0.1) is 12.7 Å². The summed E-state index contributed by atoms with van der Waals surface area (Å²) in [5, 5.41) is 9.89. The average molecular weight is 430 g/mol. The van der Waals surface area contributed by atoms with E-state index in [-0.39, 0.29) is 24.9 Å². The number of pyridine rings is 1. The summed E-state index contributed by atoms with van der Waals surface area (Å²) in [6.07, 6.45) is 1.39. The Morgan fingerprint density at radius 2 is 1.93 bits per heavy atom. The number of carboxylic acid groups (broad SMARTS) is 1. The van der Waals surface area contributed by atoms with E-state index >= 15 is 0 Å². The number of nitrogens with zero attached hydrogens (tertiary/aromatic N) is 1.